The van der Waals surface area contributed by atoms with E-state index in [0.717, 1.165) is 12.0 Å². The Morgan fingerprint density at radius 2 is 2.27 bits per heavy atom. The number of rotatable bonds is 0. The summed E-state index contributed by atoms with van der Waals surface area (Å²) in [5.74, 6) is 0.941. The van der Waals surface area contributed by atoms with Crippen molar-refractivity contribution in [2.45, 2.75) is 6.42 Å². The number of nitrogen functional groups attached to an aromatic ring is 1. The standard InChI is InChI=1S/C8H9NO2/c9-6-1-2-7(10)5-3-4-11-8(5)6/h1-2,10H,3-4,9H2. The molecule has 1 heterocycles. The second-order valence-electron chi connectivity index (χ2n) is 2.58. The van der Waals surface area contributed by atoms with E-state index < -0.39 is 0 Å². The van der Waals surface area contributed by atoms with E-state index >= 15 is 0 Å². The molecule has 0 saturated carbocycles. The molecule has 0 saturated heterocycles. The van der Waals surface area contributed by atoms with Crippen LogP contribution >= 0.6 is 0 Å². The highest BCUT2D eigenvalue weighted by atomic mass is 16.5. The summed E-state index contributed by atoms with van der Waals surface area (Å²) in [4.78, 5) is 0. The maximum absolute atomic E-state index is 9.32. The summed E-state index contributed by atoms with van der Waals surface area (Å²) in [5.41, 5.74) is 7.05. The smallest absolute Gasteiger partial charge is 0.149 e. The molecule has 1 aromatic rings. The van der Waals surface area contributed by atoms with Crippen LogP contribution < -0.4 is 10.5 Å². The summed E-state index contributed by atoms with van der Waals surface area (Å²) in [6, 6.07) is 3.25. The molecule has 0 fully saturated rings. The zero-order valence-corrected chi connectivity index (χ0v) is 6.00. The topological polar surface area (TPSA) is 55.5 Å². The molecule has 0 aromatic heterocycles. The SMILES string of the molecule is Nc1ccc(O)c2c1OCC2. The molecule has 11 heavy (non-hydrogen) atoms. The van der Waals surface area contributed by atoms with Crippen molar-refractivity contribution in [2.75, 3.05) is 12.3 Å². The predicted octanol–water partition coefficient (Wildman–Crippen LogP) is 0.909. The summed E-state index contributed by atoms with van der Waals surface area (Å²) in [7, 11) is 0. The van der Waals surface area contributed by atoms with Crippen LogP contribution in [0.4, 0.5) is 5.69 Å². The van der Waals surface area contributed by atoms with E-state index in [4.69, 9.17) is 10.5 Å². The fourth-order valence-electron chi connectivity index (χ4n) is 1.30. The maximum Gasteiger partial charge on any atom is 0.149 e. The molecule has 0 spiro atoms. The zero-order chi connectivity index (χ0) is 7.84. The summed E-state index contributed by atoms with van der Waals surface area (Å²) in [6.45, 7) is 0.622. The molecule has 1 aromatic carbocycles. The van der Waals surface area contributed by atoms with Crippen molar-refractivity contribution in [1.29, 1.82) is 0 Å². The summed E-state index contributed by atoms with van der Waals surface area (Å²) >= 11 is 0. The molecule has 0 atom stereocenters. The number of anilines is 1. The fraction of sp³-hybridized carbons (Fsp3) is 0.250. The van der Waals surface area contributed by atoms with Gasteiger partial charge in [0.25, 0.3) is 0 Å². The lowest BCUT2D eigenvalue weighted by molar-refractivity contribution is 0.358. The van der Waals surface area contributed by atoms with E-state index in [2.05, 4.69) is 0 Å². The van der Waals surface area contributed by atoms with E-state index in [-0.39, 0.29) is 5.75 Å². The minimum Gasteiger partial charge on any atom is -0.508 e. The van der Waals surface area contributed by atoms with Crippen LogP contribution in [0.3, 0.4) is 0 Å². The van der Waals surface area contributed by atoms with Crippen LogP contribution in [0.1, 0.15) is 5.56 Å². The third kappa shape index (κ3) is 0.808. The zero-order valence-electron chi connectivity index (χ0n) is 6.00. The van der Waals surface area contributed by atoms with Crippen LogP contribution in [0, 0.1) is 0 Å². The Hall–Kier alpha value is -1.38. The van der Waals surface area contributed by atoms with Gasteiger partial charge in [-0.2, -0.15) is 0 Å². The van der Waals surface area contributed by atoms with Gasteiger partial charge in [0.15, 0.2) is 0 Å². The van der Waals surface area contributed by atoms with Crippen molar-refractivity contribution >= 4 is 5.69 Å². The molecule has 0 aliphatic carbocycles. The Balaban J connectivity index is 2.64. The Morgan fingerprint density at radius 3 is 3.00 bits per heavy atom. The Bertz CT molecular complexity index is 267. The Morgan fingerprint density at radius 1 is 1.45 bits per heavy atom. The highest BCUT2D eigenvalue weighted by Gasteiger charge is 2.18. The van der Waals surface area contributed by atoms with Crippen LogP contribution in [0.5, 0.6) is 11.5 Å². The average molecular weight is 151 g/mol. The van der Waals surface area contributed by atoms with Gasteiger partial charge in [-0.15, -0.1) is 0 Å². The van der Waals surface area contributed by atoms with Gasteiger partial charge in [0.1, 0.15) is 11.5 Å². The van der Waals surface area contributed by atoms with Crippen molar-refractivity contribution in [3.63, 3.8) is 0 Å². The molecule has 58 valence electrons. The first kappa shape index (κ1) is 6.34. The number of fused-ring (bicyclic) bond motifs is 1. The van der Waals surface area contributed by atoms with Gasteiger partial charge in [0.05, 0.1) is 12.3 Å². The van der Waals surface area contributed by atoms with Gasteiger partial charge in [-0.3, -0.25) is 0 Å². The molecule has 1 aliphatic rings. The third-order valence-corrected chi connectivity index (χ3v) is 1.86. The van der Waals surface area contributed by atoms with Gasteiger partial charge >= 0.3 is 0 Å². The first-order valence-corrected chi connectivity index (χ1v) is 3.52. The number of ether oxygens (including phenoxy) is 1. The van der Waals surface area contributed by atoms with Crippen LogP contribution in [0.2, 0.25) is 0 Å². The summed E-state index contributed by atoms with van der Waals surface area (Å²) in [6.07, 6.45) is 0.756. The second-order valence-corrected chi connectivity index (χ2v) is 2.58. The normalized spacial score (nSPS) is 14.2. The molecular formula is C8H9NO2. The highest BCUT2D eigenvalue weighted by Crippen LogP contribution is 2.37. The number of hydrogen-bond acceptors (Lipinski definition) is 3. The van der Waals surface area contributed by atoms with Gasteiger partial charge in [0, 0.05) is 12.0 Å². The minimum absolute atomic E-state index is 0.284. The molecule has 0 radical (unpaired) electrons. The van der Waals surface area contributed by atoms with E-state index in [1.807, 2.05) is 0 Å². The van der Waals surface area contributed by atoms with Crippen molar-refractivity contribution in [3.05, 3.63) is 17.7 Å². The Labute approximate surface area is 64.4 Å². The fourth-order valence-corrected chi connectivity index (χ4v) is 1.30. The van der Waals surface area contributed by atoms with Gasteiger partial charge in [-0.1, -0.05) is 0 Å². The van der Waals surface area contributed by atoms with Gasteiger partial charge in [-0.05, 0) is 12.1 Å². The van der Waals surface area contributed by atoms with Crippen LogP contribution in [0.25, 0.3) is 0 Å². The minimum atomic E-state index is 0.284. The average Bonchev–Trinajstić information content (AvgIpc) is 2.45. The van der Waals surface area contributed by atoms with E-state index in [9.17, 15) is 5.11 Å². The molecule has 0 amide bonds. The molecular weight excluding hydrogens is 142 g/mol. The first-order valence-electron chi connectivity index (χ1n) is 3.52. The van der Waals surface area contributed by atoms with Crippen LogP contribution in [0.15, 0.2) is 12.1 Å². The summed E-state index contributed by atoms with van der Waals surface area (Å²) in [5, 5.41) is 9.32. The number of hydrogen-bond donors (Lipinski definition) is 2. The quantitative estimate of drug-likeness (QED) is 0.428. The molecule has 0 unspecified atom stereocenters. The van der Waals surface area contributed by atoms with Gasteiger partial charge in [0.2, 0.25) is 0 Å². The van der Waals surface area contributed by atoms with E-state index in [1.165, 1.54) is 0 Å². The molecule has 3 heteroatoms. The second kappa shape index (κ2) is 2.05. The maximum atomic E-state index is 9.32. The van der Waals surface area contributed by atoms with Crippen molar-refractivity contribution < 1.29 is 9.84 Å². The molecule has 2 rings (SSSR count). The lowest BCUT2D eigenvalue weighted by Crippen LogP contribution is -1.91. The number of aromatic hydroxyl groups is 1. The van der Waals surface area contributed by atoms with Crippen molar-refractivity contribution in [2.24, 2.45) is 0 Å². The number of nitrogens with two attached hydrogens (primary N) is 1. The lowest BCUT2D eigenvalue weighted by atomic mass is 10.1. The monoisotopic (exact) mass is 151 g/mol. The summed E-state index contributed by atoms with van der Waals surface area (Å²) < 4.78 is 5.23. The number of benzene rings is 1. The van der Waals surface area contributed by atoms with Crippen molar-refractivity contribution in [1.82, 2.24) is 0 Å². The third-order valence-electron chi connectivity index (χ3n) is 1.86. The number of phenolic OH excluding ortho intramolecular Hbond substituents is 1. The predicted molar refractivity (Wildman–Crippen MR) is 41.7 cm³/mol. The molecule has 0 bridgehead atoms. The Kier molecular flexibility index (Phi) is 1.18. The molecule has 3 nitrogen and oxygen atoms in total. The molecule has 1 aliphatic heterocycles. The lowest BCUT2D eigenvalue weighted by Gasteiger charge is -2.03. The van der Waals surface area contributed by atoms with Crippen molar-refractivity contribution in [3.8, 4) is 11.5 Å². The number of phenols is 1. The highest BCUT2D eigenvalue weighted by molar-refractivity contribution is 5.62. The van der Waals surface area contributed by atoms with Crippen LogP contribution in [-0.2, 0) is 6.42 Å². The molecule has 3 N–H and O–H groups in total. The van der Waals surface area contributed by atoms with Gasteiger partial charge in [-0.25, -0.2) is 0 Å². The van der Waals surface area contributed by atoms with Gasteiger partial charge < -0.3 is 15.6 Å². The first-order chi connectivity index (χ1) is 5.29. The largest absolute Gasteiger partial charge is 0.508 e. The van der Waals surface area contributed by atoms with E-state index in [1.54, 1.807) is 12.1 Å². The van der Waals surface area contributed by atoms with E-state index in [0.29, 0.717) is 18.0 Å². The van der Waals surface area contributed by atoms with Crippen LogP contribution in [-0.4, -0.2) is 11.7 Å².